The second-order valence-corrected chi connectivity index (χ2v) is 3.98. The summed E-state index contributed by atoms with van der Waals surface area (Å²) >= 11 is 0. The van der Waals surface area contributed by atoms with Crippen LogP contribution in [0.1, 0.15) is 11.1 Å². The topological polar surface area (TPSA) is 59.1 Å². The van der Waals surface area contributed by atoms with Crippen LogP contribution in [0, 0.1) is 17.0 Å². The first kappa shape index (κ1) is 13.0. The summed E-state index contributed by atoms with van der Waals surface area (Å²) in [6, 6.07) is 10.3. The van der Waals surface area contributed by atoms with Crippen molar-refractivity contribution in [3.8, 4) is 5.75 Å². The average molecular weight is 262 g/mol. The van der Waals surface area contributed by atoms with Gasteiger partial charge in [0, 0.05) is 5.56 Å². The van der Waals surface area contributed by atoms with E-state index >= 15 is 0 Å². The van der Waals surface area contributed by atoms with Crippen LogP contribution in [-0.4, -0.2) is 5.84 Å². The minimum absolute atomic E-state index is 0.0212. The molecule has 0 bridgehead atoms. The maximum atomic E-state index is 13.0. The van der Waals surface area contributed by atoms with Gasteiger partial charge in [-0.1, -0.05) is 6.07 Å². The van der Waals surface area contributed by atoms with E-state index < -0.39 is 11.6 Å². The summed E-state index contributed by atoms with van der Waals surface area (Å²) in [4.78, 5) is 0. The molecule has 0 aromatic heterocycles. The SMILES string of the molecule is N=C(N)c1ccc(OCc2ccc(F)c(F)c2)cc1. The van der Waals surface area contributed by atoms with Gasteiger partial charge in [0.15, 0.2) is 11.6 Å². The first-order chi connectivity index (χ1) is 9.06. The lowest BCUT2D eigenvalue weighted by atomic mass is 10.2. The van der Waals surface area contributed by atoms with Crippen LogP contribution < -0.4 is 10.5 Å². The molecule has 2 aromatic rings. The van der Waals surface area contributed by atoms with Crippen LogP contribution in [0.4, 0.5) is 8.78 Å². The fourth-order valence-corrected chi connectivity index (χ4v) is 1.53. The standard InChI is InChI=1S/C14H12F2N2O/c15-12-6-1-9(7-13(12)16)8-19-11-4-2-10(3-5-11)14(17)18/h1-7H,8H2,(H3,17,18). The highest BCUT2D eigenvalue weighted by molar-refractivity contribution is 5.94. The Morgan fingerprint density at radius 2 is 1.74 bits per heavy atom. The van der Waals surface area contributed by atoms with Gasteiger partial charge in [-0.05, 0) is 42.0 Å². The fraction of sp³-hybridized carbons (Fsp3) is 0.0714. The van der Waals surface area contributed by atoms with Crippen molar-refractivity contribution in [1.82, 2.24) is 0 Å². The zero-order chi connectivity index (χ0) is 13.8. The third-order valence-electron chi connectivity index (χ3n) is 2.55. The average Bonchev–Trinajstić information content (AvgIpc) is 2.40. The van der Waals surface area contributed by atoms with E-state index in [2.05, 4.69) is 0 Å². The summed E-state index contributed by atoms with van der Waals surface area (Å²) in [5.74, 6) is -1.23. The molecule has 3 N–H and O–H groups in total. The van der Waals surface area contributed by atoms with Crippen molar-refractivity contribution in [2.24, 2.45) is 5.73 Å². The highest BCUT2D eigenvalue weighted by atomic mass is 19.2. The maximum Gasteiger partial charge on any atom is 0.159 e. The molecule has 0 aliphatic carbocycles. The van der Waals surface area contributed by atoms with Gasteiger partial charge < -0.3 is 10.5 Å². The van der Waals surface area contributed by atoms with E-state index in [1.54, 1.807) is 24.3 Å². The normalized spacial score (nSPS) is 10.2. The lowest BCUT2D eigenvalue weighted by Gasteiger charge is -2.07. The van der Waals surface area contributed by atoms with Crippen molar-refractivity contribution in [3.05, 3.63) is 65.2 Å². The molecule has 19 heavy (non-hydrogen) atoms. The second kappa shape index (κ2) is 5.48. The number of amidine groups is 1. The van der Waals surface area contributed by atoms with E-state index in [9.17, 15) is 8.78 Å². The van der Waals surface area contributed by atoms with Gasteiger partial charge in [-0.2, -0.15) is 0 Å². The first-order valence-corrected chi connectivity index (χ1v) is 5.57. The van der Waals surface area contributed by atoms with Crippen molar-refractivity contribution in [2.45, 2.75) is 6.61 Å². The van der Waals surface area contributed by atoms with Crippen molar-refractivity contribution < 1.29 is 13.5 Å². The van der Waals surface area contributed by atoms with E-state index in [0.29, 0.717) is 16.9 Å². The Bertz CT molecular complexity index is 597. The molecule has 0 saturated heterocycles. The number of rotatable bonds is 4. The van der Waals surface area contributed by atoms with Gasteiger partial charge in [-0.3, -0.25) is 5.41 Å². The molecule has 0 atom stereocenters. The number of nitrogen functional groups attached to an aromatic ring is 1. The Kier molecular flexibility index (Phi) is 3.75. The Morgan fingerprint density at radius 1 is 1.05 bits per heavy atom. The summed E-state index contributed by atoms with van der Waals surface area (Å²) in [7, 11) is 0. The molecule has 3 nitrogen and oxygen atoms in total. The zero-order valence-corrected chi connectivity index (χ0v) is 9.99. The Balaban J connectivity index is 2.01. The third kappa shape index (κ3) is 3.28. The number of hydrogen-bond donors (Lipinski definition) is 2. The molecule has 0 heterocycles. The van der Waals surface area contributed by atoms with Crippen LogP contribution in [-0.2, 0) is 6.61 Å². The number of benzene rings is 2. The summed E-state index contributed by atoms with van der Waals surface area (Å²) in [5.41, 5.74) is 6.46. The molecule has 0 saturated carbocycles. The van der Waals surface area contributed by atoms with Gasteiger partial charge in [0.25, 0.3) is 0 Å². The van der Waals surface area contributed by atoms with Gasteiger partial charge >= 0.3 is 0 Å². The highest BCUT2D eigenvalue weighted by Gasteiger charge is 2.03. The van der Waals surface area contributed by atoms with Crippen molar-refractivity contribution in [3.63, 3.8) is 0 Å². The number of ether oxygens (including phenoxy) is 1. The molecule has 0 amide bonds. The fourth-order valence-electron chi connectivity index (χ4n) is 1.53. The molecule has 0 aliphatic heterocycles. The molecule has 2 aromatic carbocycles. The zero-order valence-electron chi connectivity index (χ0n) is 9.99. The number of nitrogens with one attached hydrogen (secondary N) is 1. The Hall–Kier alpha value is -2.43. The molecule has 0 fully saturated rings. The van der Waals surface area contributed by atoms with E-state index in [-0.39, 0.29) is 12.4 Å². The molecular weight excluding hydrogens is 250 g/mol. The number of halogens is 2. The lowest BCUT2D eigenvalue weighted by molar-refractivity contribution is 0.305. The summed E-state index contributed by atoms with van der Waals surface area (Å²) in [6.45, 7) is 0.136. The van der Waals surface area contributed by atoms with Crippen molar-refractivity contribution in [1.29, 1.82) is 5.41 Å². The molecule has 2 rings (SSSR count). The second-order valence-electron chi connectivity index (χ2n) is 3.98. The minimum atomic E-state index is -0.895. The van der Waals surface area contributed by atoms with Crippen LogP contribution >= 0.6 is 0 Å². The monoisotopic (exact) mass is 262 g/mol. The van der Waals surface area contributed by atoms with E-state index in [0.717, 1.165) is 12.1 Å². The smallest absolute Gasteiger partial charge is 0.159 e. The molecular formula is C14H12F2N2O. The van der Waals surface area contributed by atoms with Crippen LogP contribution in [0.25, 0.3) is 0 Å². The van der Waals surface area contributed by atoms with Gasteiger partial charge in [-0.15, -0.1) is 0 Å². The summed E-state index contributed by atoms with van der Waals surface area (Å²) in [5, 5.41) is 7.25. The van der Waals surface area contributed by atoms with E-state index in [4.69, 9.17) is 15.9 Å². The molecule has 0 aliphatic rings. The van der Waals surface area contributed by atoms with Gasteiger partial charge in [0.1, 0.15) is 18.2 Å². The number of nitrogens with two attached hydrogens (primary N) is 1. The quantitative estimate of drug-likeness (QED) is 0.657. The molecule has 0 spiro atoms. The van der Waals surface area contributed by atoms with Crippen molar-refractivity contribution >= 4 is 5.84 Å². The maximum absolute atomic E-state index is 13.0. The Morgan fingerprint density at radius 3 is 2.32 bits per heavy atom. The minimum Gasteiger partial charge on any atom is -0.489 e. The molecule has 98 valence electrons. The van der Waals surface area contributed by atoms with Crippen LogP contribution in [0.2, 0.25) is 0 Å². The largest absolute Gasteiger partial charge is 0.489 e. The molecule has 0 radical (unpaired) electrons. The lowest BCUT2D eigenvalue weighted by Crippen LogP contribution is -2.10. The number of hydrogen-bond acceptors (Lipinski definition) is 2. The third-order valence-corrected chi connectivity index (χ3v) is 2.55. The highest BCUT2D eigenvalue weighted by Crippen LogP contribution is 2.15. The van der Waals surface area contributed by atoms with Crippen LogP contribution in [0.5, 0.6) is 5.75 Å². The van der Waals surface area contributed by atoms with E-state index in [1.807, 2.05) is 0 Å². The van der Waals surface area contributed by atoms with Crippen LogP contribution in [0.3, 0.4) is 0 Å². The predicted molar refractivity (Wildman–Crippen MR) is 68.1 cm³/mol. The van der Waals surface area contributed by atoms with Crippen LogP contribution in [0.15, 0.2) is 42.5 Å². The van der Waals surface area contributed by atoms with Gasteiger partial charge in [0.2, 0.25) is 0 Å². The summed E-state index contributed by atoms with van der Waals surface area (Å²) in [6.07, 6.45) is 0. The predicted octanol–water partition coefficient (Wildman–Crippen LogP) is 2.83. The van der Waals surface area contributed by atoms with E-state index in [1.165, 1.54) is 6.07 Å². The molecule has 5 heteroatoms. The molecule has 0 unspecified atom stereocenters. The van der Waals surface area contributed by atoms with Gasteiger partial charge in [0.05, 0.1) is 0 Å². The van der Waals surface area contributed by atoms with Crippen molar-refractivity contribution in [2.75, 3.05) is 0 Å². The summed E-state index contributed by atoms with van der Waals surface area (Å²) < 4.78 is 31.1. The first-order valence-electron chi connectivity index (χ1n) is 5.57. The van der Waals surface area contributed by atoms with Gasteiger partial charge in [-0.25, -0.2) is 8.78 Å². The Labute approximate surface area is 109 Å².